The molecule has 1 aliphatic heterocycles. The van der Waals surface area contributed by atoms with Gasteiger partial charge < -0.3 is 15.4 Å². The van der Waals surface area contributed by atoms with Crippen molar-refractivity contribution in [2.75, 3.05) is 33.4 Å². The van der Waals surface area contributed by atoms with Gasteiger partial charge >= 0.3 is 0 Å². The van der Waals surface area contributed by atoms with E-state index in [2.05, 4.69) is 42.0 Å². The number of hydrogen-bond acceptors (Lipinski definition) is 3. The molecule has 1 heterocycles. The third-order valence-corrected chi connectivity index (χ3v) is 3.61. The fraction of sp³-hybridized carbons (Fsp3) is 0.529. The minimum absolute atomic E-state index is 0.406. The second-order valence-electron chi connectivity index (χ2n) is 5.44. The number of nitrogens with two attached hydrogens (primary N) is 1. The first-order valence-corrected chi connectivity index (χ1v) is 7.32. The van der Waals surface area contributed by atoms with Crippen LogP contribution in [0.25, 0.3) is 0 Å². The molecule has 0 aliphatic carbocycles. The molecule has 1 aliphatic rings. The zero-order chi connectivity index (χ0) is 14.2. The summed E-state index contributed by atoms with van der Waals surface area (Å²) in [5, 5.41) is 0. The van der Waals surface area contributed by atoms with E-state index in [4.69, 9.17) is 10.5 Å². The largest absolute Gasteiger partial charge is 0.381 e. The number of nitrogens with zero attached hydrogens (tertiary/aromatic N) is 1. The molecule has 3 heteroatoms. The average molecular weight is 272 g/mol. The van der Waals surface area contributed by atoms with Gasteiger partial charge in [0.05, 0.1) is 13.2 Å². The summed E-state index contributed by atoms with van der Waals surface area (Å²) in [4.78, 5) is 2.36. The summed E-state index contributed by atoms with van der Waals surface area (Å²) < 4.78 is 5.55. The summed E-state index contributed by atoms with van der Waals surface area (Å²) in [6.45, 7) is 4.24. The Balaban J connectivity index is 1.94. The van der Waals surface area contributed by atoms with Gasteiger partial charge in [-0.3, -0.25) is 0 Å². The van der Waals surface area contributed by atoms with Gasteiger partial charge in [0, 0.05) is 25.3 Å². The predicted molar refractivity (Wildman–Crippen MR) is 82.3 cm³/mol. The third kappa shape index (κ3) is 4.64. The van der Waals surface area contributed by atoms with Gasteiger partial charge in [0.2, 0.25) is 0 Å². The second kappa shape index (κ2) is 8.06. The number of ether oxygens (including phenoxy) is 1. The number of hydrogen-bond donors (Lipinski definition) is 1. The highest BCUT2D eigenvalue weighted by Gasteiger charge is 2.16. The maximum absolute atomic E-state index is 5.55. The van der Waals surface area contributed by atoms with Crippen molar-refractivity contribution in [2.24, 2.45) is 11.7 Å². The molecular weight excluding hydrogens is 248 g/mol. The minimum atomic E-state index is 0.406. The lowest BCUT2D eigenvalue weighted by Gasteiger charge is -2.27. The van der Waals surface area contributed by atoms with Crippen molar-refractivity contribution in [3.63, 3.8) is 0 Å². The predicted octanol–water partition coefficient (Wildman–Crippen LogP) is 1.86. The van der Waals surface area contributed by atoms with Crippen LogP contribution >= 0.6 is 0 Å². The molecule has 0 saturated carbocycles. The lowest BCUT2D eigenvalue weighted by molar-refractivity contribution is 0.0411. The SMILES string of the molecule is CN(Cc1ccccc1C#CCN)CC1CCCOC1. The van der Waals surface area contributed by atoms with Crippen molar-refractivity contribution in [2.45, 2.75) is 19.4 Å². The third-order valence-electron chi connectivity index (χ3n) is 3.61. The van der Waals surface area contributed by atoms with Crippen LogP contribution in [-0.4, -0.2) is 38.3 Å². The maximum atomic E-state index is 5.55. The van der Waals surface area contributed by atoms with Crippen molar-refractivity contribution >= 4 is 0 Å². The number of rotatable bonds is 4. The smallest absolute Gasteiger partial charge is 0.0555 e. The van der Waals surface area contributed by atoms with E-state index in [1.165, 1.54) is 18.4 Å². The molecule has 1 saturated heterocycles. The molecule has 1 aromatic rings. The van der Waals surface area contributed by atoms with Crippen molar-refractivity contribution in [1.29, 1.82) is 0 Å². The van der Waals surface area contributed by atoms with Crippen LogP contribution in [0.1, 0.15) is 24.0 Å². The first-order valence-electron chi connectivity index (χ1n) is 7.32. The van der Waals surface area contributed by atoms with Gasteiger partial charge in [-0.05, 0) is 37.4 Å². The quantitative estimate of drug-likeness (QED) is 0.850. The molecule has 108 valence electrons. The summed E-state index contributed by atoms with van der Waals surface area (Å²) >= 11 is 0. The lowest BCUT2D eigenvalue weighted by Crippen LogP contribution is -2.30. The van der Waals surface area contributed by atoms with Crippen LogP contribution in [-0.2, 0) is 11.3 Å². The Bertz CT molecular complexity index is 469. The molecule has 1 unspecified atom stereocenters. The van der Waals surface area contributed by atoms with Crippen LogP contribution in [0.3, 0.4) is 0 Å². The summed E-state index contributed by atoms with van der Waals surface area (Å²) in [5.41, 5.74) is 7.81. The first-order chi connectivity index (χ1) is 9.79. The summed E-state index contributed by atoms with van der Waals surface area (Å²) in [6, 6.07) is 8.31. The highest BCUT2D eigenvalue weighted by molar-refractivity contribution is 5.41. The lowest BCUT2D eigenvalue weighted by atomic mass is 10.0. The Labute approximate surface area is 122 Å². The van der Waals surface area contributed by atoms with Gasteiger partial charge in [0.15, 0.2) is 0 Å². The van der Waals surface area contributed by atoms with E-state index in [0.717, 1.165) is 31.9 Å². The van der Waals surface area contributed by atoms with Crippen LogP contribution < -0.4 is 5.73 Å². The monoisotopic (exact) mass is 272 g/mol. The molecular formula is C17H24N2O. The van der Waals surface area contributed by atoms with Gasteiger partial charge in [-0.1, -0.05) is 30.0 Å². The van der Waals surface area contributed by atoms with E-state index in [-0.39, 0.29) is 0 Å². The van der Waals surface area contributed by atoms with Crippen molar-refractivity contribution in [3.05, 3.63) is 35.4 Å². The Morgan fingerprint density at radius 2 is 2.25 bits per heavy atom. The van der Waals surface area contributed by atoms with E-state index in [1.807, 2.05) is 6.07 Å². The van der Waals surface area contributed by atoms with Crippen molar-refractivity contribution in [3.8, 4) is 11.8 Å². The van der Waals surface area contributed by atoms with E-state index in [0.29, 0.717) is 12.5 Å². The van der Waals surface area contributed by atoms with E-state index >= 15 is 0 Å². The summed E-state index contributed by atoms with van der Waals surface area (Å²) in [5.74, 6) is 6.76. The zero-order valence-corrected chi connectivity index (χ0v) is 12.3. The van der Waals surface area contributed by atoms with Gasteiger partial charge in [0.1, 0.15) is 0 Å². The van der Waals surface area contributed by atoms with Gasteiger partial charge in [-0.15, -0.1) is 0 Å². The normalized spacial score (nSPS) is 18.6. The zero-order valence-electron chi connectivity index (χ0n) is 12.3. The second-order valence-corrected chi connectivity index (χ2v) is 5.44. The Hall–Kier alpha value is -1.34. The maximum Gasteiger partial charge on any atom is 0.0555 e. The Morgan fingerprint density at radius 3 is 3.00 bits per heavy atom. The van der Waals surface area contributed by atoms with Gasteiger partial charge in [0.25, 0.3) is 0 Å². The molecule has 0 amide bonds. The van der Waals surface area contributed by atoms with Gasteiger partial charge in [-0.25, -0.2) is 0 Å². The molecule has 2 rings (SSSR count). The van der Waals surface area contributed by atoms with Crippen molar-refractivity contribution < 1.29 is 4.74 Å². The Morgan fingerprint density at radius 1 is 1.40 bits per heavy atom. The van der Waals surface area contributed by atoms with Crippen LogP contribution in [0.5, 0.6) is 0 Å². The highest BCUT2D eigenvalue weighted by Crippen LogP contribution is 2.16. The molecule has 3 nitrogen and oxygen atoms in total. The molecule has 1 aromatic carbocycles. The van der Waals surface area contributed by atoms with E-state index < -0.39 is 0 Å². The molecule has 0 bridgehead atoms. The molecule has 1 atom stereocenters. The van der Waals surface area contributed by atoms with Gasteiger partial charge in [-0.2, -0.15) is 0 Å². The van der Waals surface area contributed by atoms with Crippen LogP contribution in [0.4, 0.5) is 0 Å². The number of benzene rings is 1. The Kier molecular flexibility index (Phi) is 6.07. The molecule has 2 N–H and O–H groups in total. The van der Waals surface area contributed by atoms with Crippen LogP contribution in [0, 0.1) is 17.8 Å². The average Bonchev–Trinajstić information content (AvgIpc) is 2.47. The van der Waals surface area contributed by atoms with Crippen molar-refractivity contribution in [1.82, 2.24) is 4.90 Å². The molecule has 0 radical (unpaired) electrons. The first kappa shape index (κ1) is 15.1. The van der Waals surface area contributed by atoms with E-state index in [9.17, 15) is 0 Å². The van der Waals surface area contributed by atoms with E-state index in [1.54, 1.807) is 0 Å². The molecule has 20 heavy (non-hydrogen) atoms. The topological polar surface area (TPSA) is 38.5 Å². The minimum Gasteiger partial charge on any atom is -0.381 e. The standard InChI is InChI=1S/C17H24N2O/c1-19(12-15-6-5-11-20-14-15)13-17-8-3-2-7-16(17)9-4-10-18/h2-3,7-8,15H,5-6,10-14,18H2,1H3. The fourth-order valence-electron chi connectivity index (χ4n) is 2.67. The van der Waals surface area contributed by atoms with Crippen LogP contribution in [0.2, 0.25) is 0 Å². The summed E-state index contributed by atoms with van der Waals surface area (Å²) in [7, 11) is 2.17. The fourth-order valence-corrected chi connectivity index (χ4v) is 2.67. The highest BCUT2D eigenvalue weighted by atomic mass is 16.5. The molecule has 1 fully saturated rings. The summed E-state index contributed by atoms with van der Waals surface area (Å²) in [6.07, 6.45) is 2.47. The molecule has 0 aromatic heterocycles. The van der Waals surface area contributed by atoms with Crippen LogP contribution in [0.15, 0.2) is 24.3 Å². The molecule has 0 spiro atoms.